The molecule has 1 aliphatic carbocycles. The smallest absolute Gasteiger partial charge is 0.306 e. The Morgan fingerprint density at radius 3 is 2.29 bits per heavy atom. The Labute approximate surface area is 148 Å². The minimum absolute atomic E-state index is 0.0329. The minimum Gasteiger partial charge on any atom is -0.459 e. The third-order valence-corrected chi connectivity index (χ3v) is 5.70. The van der Waals surface area contributed by atoms with Crippen molar-refractivity contribution < 1.29 is 9.53 Å². The van der Waals surface area contributed by atoms with Crippen molar-refractivity contribution >= 4 is 5.97 Å². The van der Waals surface area contributed by atoms with E-state index in [1.807, 2.05) is 6.07 Å². The first-order chi connectivity index (χ1) is 11.3. The second kappa shape index (κ2) is 8.18. The Bertz CT molecular complexity index is 510. The van der Waals surface area contributed by atoms with Crippen molar-refractivity contribution in [3.05, 3.63) is 35.9 Å². The number of ether oxygens (including phenoxy) is 1. The van der Waals surface area contributed by atoms with Gasteiger partial charge in [0, 0.05) is 6.42 Å². The third kappa shape index (κ3) is 5.36. The number of hydrogen-bond donors (Lipinski definition) is 0. The van der Waals surface area contributed by atoms with Crippen molar-refractivity contribution in [2.45, 2.75) is 90.1 Å². The van der Waals surface area contributed by atoms with Gasteiger partial charge >= 0.3 is 5.97 Å². The SMILES string of the molecule is CC(C)(CCCC(=O)OC(C)(C)C1CCCCC1)c1ccccc1. The fourth-order valence-electron chi connectivity index (χ4n) is 3.93. The van der Waals surface area contributed by atoms with Crippen LogP contribution in [0.15, 0.2) is 30.3 Å². The van der Waals surface area contributed by atoms with Crippen LogP contribution >= 0.6 is 0 Å². The fraction of sp³-hybridized carbons (Fsp3) is 0.682. The van der Waals surface area contributed by atoms with Crippen LogP contribution < -0.4 is 0 Å². The van der Waals surface area contributed by atoms with Crippen LogP contribution in [-0.2, 0) is 14.9 Å². The van der Waals surface area contributed by atoms with Crippen molar-refractivity contribution in [3.8, 4) is 0 Å². The van der Waals surface area contributed by atoms with Crippen LogP contribution in [0.2, 0.25) is 0 Å². The third-order valence-electron chi connectivity index (χ3n) is 5.70. The predicted molar refractivity (Wildman–Crippen MR) is 100 cm³/mol. The van der Waals surface area contributed by atoms with Gasteiger partial charge in [-0.15, -0.1) is 0 Å². The molecule has 0 atom stereocenters. The molecule has 2 nitrogen and oxygen atoms in total. The first-order valence-corrected chi connectivity index (χ1v) is 9.59. The summed E-state index contributed by atoms with van der Waals surface area (Å²) < 4.78 is 5.86. The number of carbonyl (C=O) groups excluding carboxylic acids is 1. The molecule has 0 unspecified atom stereocenters. The molecule has 0 radical (unpaired) electrons. The maximum absolute atomic E-state index is 12.3. The zero-order chi connectivity index (χ0) is 17.6. The van der Waals surface area contributed by atoms with Gasteiger partial charge in [0.05, 0.1) is 0 Å². The molecule has 2 heteroatoms. The van der Waals surface area contributed by atoms with Crippen LogP contribution in [0.3, 0.4) is 0 Å². The van der Waals surface area contributed by atoms with Gasteiger partial charge in [-0.05, 0) is 56.4 Å². The molecule has 24 heavy (non-hydrogen) atoms. The molecule has 1 fully saturated rings. The van der Waals surface area contributed by atoms with Crippen LogP contribution in [0.4, 0.5) is 0 Å². The maximum Gasteiger partial charge on any atom is 0.306 e. The molecule has 0 amide bonds. The van der Waals surface area contributed by atoms with Gasteiger partial charge in [0.2, 0.25) is 0 Å². The Hall–Kier alpha value is -1.31. The van der Waals surface area contributed by atoms with Crippen LogP contribution in [0.5, 0.6) is 0 Å². The largest absolute Gasteiger partial charge is 0.459 e. The highest BCUT2D eigenvalue weighted by atomic mass is 16.6. The van der Waals surface area contributed by atoms with E-state index in [1.165, 1.54) is 37.7 Å². The molecule has 0 aromatic heterocycles. The highest BCUT2D eigenvalue weighted by Crippen LogP contribution is 2.35. The molecule has 0 N–H and O–H groups in total. The standard InChI is InChI=1S/C22H34O2/c1-21(2,18-12-7-5-8-13-18)17-11-16-20(23)24-22(3,4)19-14-9-6-10-15-19/h5,7-8,12-13,19H,6,9-11,14-17H2,1-4H3. The van der Waals surface area contributed by atoms with Crippen molar-refractivity contribution in [2.24, 2.45) is 5.92 Å². The van der Waals surface area contributed by atoms with Crippen LogP contribution in [0.1, 0.15) is 84.6 Å². The van der Waals surface area contributed by atoms with Crippen molar-refractivity contribution in [1.82, 2.24) is 0 Å². The summed E-state index contributed by atoms with van der Waals surface area (Å²) in [5.41, 5.74) is 1.12. The highest BCUT2D eigenvalue weighted by Gasteiger charge is 2.34. The van der Waals surface area contributed by atoms with E-state index in [-0.39, 0.29) is 17.0 Å². The molecule has 134 valence electrons. The summed E-state index contributed by atoms with van der Waals surface area (Å²) in [6.07, 6.45) is 8.66. The topological polar surface area (TPSA) is 26.3 Å². The molecule has 0 bridgehead atoms. The predicted octanol–water partition coefficient (Wildman–Crippen LogP) is 6.04. The van der Waals surface area contributed by atoms with Gasteiger partial charge in [0.1, 0.15) is 5.60 Å². The average molecular weight is 331 g/mol. The molecule has 1 saturated carbocycles. The lowest BCUT2D eigenvalue weighted by Gasteiger charge is -2.36. The van der Waals surface area contributed by atoms with E-state index >= 15 is 0 Å². The normalized spacial score (nSPS) is 16.8. The first-order valence-electron chi connectivity index (χ1n) is 9.59. The van der Waals surface area contributed by atoms with Crippen LogP contribution in [-0.4, -0.2) is 11.6 Å². The Morgan fingerprint density at radius 2 is 1.67 bits per heavy atom. The Kier molecular flexibility index (Phi) is 6.48. The van der Waals surface area contributed by atoms with E-state index in [2.05, 4.69) is 52.0 Å². The van der Waals surface area contributed by atoms with Gasteiger partial charge < -0.3 is 4.74 Å². The summed E-state index contributed by atoms with van der Waals surface area (Å²) in [7, 11) is 0. The number of hydrogen-bond acceptors (Lipinski definition) is 2. The molecule has 0 saturated heterocycles. The molecule has 0 heterocycles. The van der Waals surface area contributed by atoms with Gasteiger partial charge in [-0.3, -0.25) is 4.79 Å². The Balaban J connectivity index is 1.78. The summed E-state index contributed by atoms with van der Waals surface area (Å²) in [6, 6.07) is 10.6. The highest BCUT2D eigenvalue weighted by molar-refractivity contribution is 5.69. The lowest BCUT2D eigenvalue weighted by molar-refractivity contribution is -0.163. The minimum atomic E-state index is -0.313. The number of rotatable bonds is 7. The summed E-state index contributed by atoms with van der Waals surface area (Å²) in [5.74, 6) is 0.491. The second-order valence-corrected chi connectivity index (χ2v) is 8.52. The number of esters is 1. The van der Waals surface area contributed by atoms with E-state index in [9.17, 15) is 4.79 Å². The fourth-order valence-corrected chi connectivity index (χ4v) is 3.93. The van der Waals surface area contributed by atoms with Crippen molar-refractivity contribution in [1.29, 1.82) is 0 Å². The van der Waals surface area contributed by atoms with Crippen LogP contribution in [0, 0.1) is 5.92 Å². The molecular formula is C22H34O2. The van der Waals surface area contributed by atoms with E-state index in [0.717, 1.165) is 12.8 Å². The molecule has 1 aromatic carbocycles. The van der Waals surface area contributed by atoms with Gasteiger partial charge in [-0.25, -0.2) is 0 Å². The van der Waals surface area contributed by atoms with Crippen molar-refractivity contribution in [2.75, 3.05) is 0 Å². The van der Waals surface area contributed by atoms with E-state index in [1.54, 1.807) is 0 Å². The molecule has 2 rings (SSSR count). The van der Waals surface area contributed by atoms with Gasteiger partial charge in [-0.1, -0.05) is 63.4 Å². The maximum atomic E-state index is 12.3. The van der Waals surface area contributed by atoms with Gasteiger partial charge in [-0.2, -0.15) is 0 Å². The molecule has 0 spiro atoms. The molecular weight excluding hydrogens is 296 g/mol. The summed E-state index contributed by atoms with van der Waals surface area (Å²) in [4.78, 5) is 12.3. The van der Waals surface area contributed by atoms with E-state index < -0.39 is 0 Å². The second-order valence-electron chi connectivity index (χ2n) is 8.52. The molecule has 1 aliphatic rings. The van der Waals surface area contributed by atoms with E-state index in [4.69, 9.17) is 4.74 Å². The lowest BCUT2D eigenvalue weighted by Crippen LogP contribution is -2.37. The number of benzene rings is 1. The Morgan fingerprint density at radius 1 is 1.04 bits per heavy atom. The first kappa shape index (κ1) is 19.0. The molecule has 1 aromatic rings. The van der Waals surface area contributed by atoms with E-state index in [0.29, 0.717) is 12.3 Å². The van der Waals surface area contributed by atoms with Crippen LogP contribution in [0.25, 0.3) is 0 Å². The lowest BCUT2D eigenvalue weighted by atomic mass is 9.78. The quantitative estimate of drug-likeness (QED) is 0.570. The summed E-state index contributed by atoms with van der Waals surface area (Å²) in [5, 5.41) is 0. The van der Waals surface area contributed by atoms with Gasteiger partial charge in [0.25, 0.3) is 0 Å². The van der Waals surface area contributed by atoms with Gasteiger partial charge in [0.15, 0.2) is 0 Å². The zero-order valence-electron chi connectivity index (χ0n) is 15.9. The number of carbonyl (C=O) groups is 1. The average Bonchev–Trinajstić information content (AvgIpc) is 2.56. The summed E-state index contributed by atoms with van der Waals surface area (Å²) >= 11 is 0. The molecule has 0 aliphatic heterocycles. The zero-order valence-corrected chi connectivity index (χ0v) is 15.9. The summed E-state index contributed by atoms with van der Waals surface area (Å²) in [6.45, 7) is 8.68. The monoisotopic (exact) mass is 330 g/mol. The van der Waals surface area contributed by atoms with Crippen molar-refractivity contribution in [3.63, 3.8) is 0 Å².